The number of hydrogen-bond acceptors (Lipinski definition) is 2. The van der Waals surface area contributed by atoms with E-state index < -0.39 is 0 Å². The Kier molecular flexibility index (Phi) is 3.33. The van der Waals surface area contributed by atoms with Crippen molar-refractivity contribution in [2.24, 2.45) is 5.92 Å². The number of aromatic amines is 1. The highest BCUT2D eigenvalue weighted by Gasteiger charge is 2.06. The van der Waals surface area contributed by atoms with Crippen LogP contribution in [-0.2, 0) is 6.42 Å². The van der Waals surface area contributed by atoms with Gasteiger partial charge in [0.25, 0.3) is 5.56 Å². The largest absolute Gasteiger partial charge is 0.495 e. The second kappa shape index (κ2) is 4.31. The Bertz CT molecular complexity index is 366. The molecule has 78 valence electrons. The summed E-state index contributed by atoms with van der Waals surface area (Å²) < 4.78 is 0. The topological polar surface area (TPSA) is 53.1 Å². The summed E-state index contributed by atoms with van der Waals surface area (Å²) in [5.41, 5.74) is 1.49. The highest BCUT2D eigenvalue weighted by molar-refractivity contribution is 5.27. The van der Waals surface area contributed by atoms with Crippen molar-refractivity contribution in [1.82, 2.24) is 4.98 Å². The van der Waals surface area contributed by atoms with E-state index in [1.54, 1.807) is 6.07 Å². The summed E-state index contributed by atoms with van der Waals surface area (Å²) >= 11 is 0. The zero-order chi connectivity index (χ0) is 10.7. The Morgan fingerprint density at radius 1 is 1.50 bits per heavy atom. The van der Waals surface area contributed by atoms with Crippen LogP contribution in [0.5, 0.6) is 5.88 Å². The molecule has 0 atom stereocenters. The van der Waals surface area contributed by atoms with Crippen LogP contribution in [-0.4, -0.2) is 10.1 Å². The van der Waals surface area contributed by atoms with Crippen LogP contribution in [0.1, 0.15) is 31.4 Å². The van der Waals surface area contributed by atoms with Crippen LogP contribution in [0.3, 0.4) is 0 Å². The highest BCUT2D eigenvalue weighted by atomic mass is 16.3. The normalized spacial score (nSPS) is 10.9. The summed E-state index contributed by atoms with van der Waals surface area (Å²) in [5.74, 6) is 0.531. The van der Waals surface area contributed by atoms with Crippen molar-refractivity contribution in [3.8, 4) is 5.88 Å². The molecule has 0 aliphatic heterocycles. The predicted molar refractivity (Wildman–Crippen MR) is 56.6 cm³/mol. The van der Waals surface area contributed by atoms with Crippen molar-refractivity contribution in [2.45, 2.75) is 33.6 Å². The lowest BCUT2D eigenvalue weighted by Crippen LogP contribution is -2.14. The summed E-state index contributed by atoms with van der Waals surface area (Å²) in [6.07, 6.45) is 1.77. The average molecular weight is 195 g/mol. The molecule has 3 nitrogen and oxygen atoms in total. The Balaban J connectivity index is 2.92. The molecule has 0 aliphatic rings. The number of pyridine rings is 1. The van der Waals surface area contributed by atoms with Crippen LogP contribution < -0.4 is 5.56 Å². The van der Waals surface area contributed by atoms with Gasteiger partial charge in [0.15, 0.2) is 5.88 Å². The fourth-order valence-electron chi connectivity index (χ4n) is 1.44. The van der Waals surface area contributed by atoms with Crippen molar-refractivity contribution in [2.75, 3.05) is 0 Å². The van der Waals surface area contributed by atoms with Gasteiger partial charge in [-0.25, -0.2) is 0 Å². The molecule has 1 aromatic heterocycles. The number of rotatable bonds is 3. The van der Waals surface area contributed by atoms with E-state index in [-0.39, 0.29) is 11.4 Å². The molecule has 0 saturated carbocycles. The van der Waals surface area contributed by atoms with Gasteiger partial charge in [-0.05, 0) is 31.2 Å². The summed E-state index contributed by atoms with van der Waals surface area (Å²) in [7, 11) is 0. The van der Waals surface area contributed by atoms with Gasteiger partial charge in [-0.3, -0.25) is 9.78 Å². The van der Waals surface area contributed by atoms with E-state index in [1.807, 2.05) is 6.92 Å². The molecule has 0 aromatic carbocycles. The minimum absolute atomic E-state index is 0.0548. The van der Waals surface area contributed by atoms with E-state index in [1.165, 1.54) is 0 Å². The van der Waals surface area contributed by atoms with Crippen LogP contribution in [0, 0.1) is 12.8 Å². The van der Waals surface area contributed by atoms with Crippen LogP contribution in [0.2, 0.25) is 0 Å². The number of aromatic hydroxyl groups is 1. The summed E-state index contributed by atoms with van der Waals surface area (Å²) in [5, 5.41) is 9.14. The van der Waals surface area contributed by atoms with Crippen LogP contribution >= 0.6 is 0 Å². The Morgan fingerprint density at radius 3 is 2.64 bits per heavy atom. The maximum atomic E-state index is 11.5. The number of aromatic nitrogens is 1. The van der Waals surface area contributed by atoms with Gasteiger partial charge in [-0.1, -0.05) is 13.8 Å². The van der Waals surface area contributed by atoms with Gasteiger partial charge in [0.05, 0.1) is 0 Å². The van der Waals surface area contributed by atoms with Crippen molar-refractivity contribution in [1.29, 1.82) is 0 Å². The first kappa shape index (κ1) is 10.8. The molecular formula is C11H17NO2. The van der Waals surface area contributed by atoms with Crippen molar-refractivity contribution >= 4 is 0 Å². The molecule has 0 unspecified atom stereocenters. The summed E-state index contributed by atoms with van der Waals surface area (Å²) in [6, 6.07) is 1.59. The quantitative estimate of drug-likeness (QED) is 0.774. The number of H-pyrrole nitrogens is 1. The molecule has 0 amide bonds. The zero-order valence-electron chi connectivity index (χ0n) is 8.92. The molecule has 2 N–H and O–H groups in total. The lowest BCUT2D eigenvalue weighted by atomic mass is 10.0. The van der Waals surface area contributed by atoms with Gasteiger partial charge in [-0.2, -0.15) is 0 Å². The number of aryl methyl sites for hydroxylation is 1. The van der Waals surface area contributed by atoms with E-state index in [0.717, 1.165) is 24.0 Å². The molecule has 3 heteroatoms. The Labute approximate surface area is 83.8 Å². The SMILES string of the molecule is Cc1cc(O)[nH]c(=O)c1CCC(C)C. The molecule has 0 fully saturated rings. The smallest absolute Gasteiger partial charge is 0.254 e. The van der Waals surface area contributed by atoms with E-state index >= 15 is 0 Å². The van der Waals surface area contributed by atoms with Crippen molar-refractivity contribution < 1.29 is 5.11 Å². The molecule has 0 bridgehead atoms. The maximum Gasteiger partial charge on any atom is 0.254 e. The molecule has 0 spiro atoms. The Morgan fingerprint density at radius 2 is 2.14 bits per heavy atom. The molecule has 1 rings (SSSR count). The first-order chi connectivity index (χ1) is 6.50. The monoisotopic (exact) mass is 195 g/mol. The third-order valence-electron chi connectivity index (χ3n) is 2.32. The molecule has 0 radical (unpaired) electrons. The van der Waals surface area contributed by atoms with Crippen molar-refractivity contribution in [3.63, 3.8) is 0 Å². The zero-order valence-corrected chi connectivity index (χ0v) is 8.92. The number of nitrogens with one attached hydrogen (secondary N) is 1. The first-order valence-corrected chi connectivity index (χ1v) is 4.92. The third kappa shape index (κ3) is 2.62. The Hall–Kier alpha value is -1.25. The molecule has 1 heterocycles. The molecule has 0 aliphatic carbocycles. The molecule has 14 heavy (non-hydrogen) atoms. The van der Waals surface area contributed by atoms with E-state index in [9.17, 15) is 4.79 Å². The lowest BCUT2D eigenvalue weighted by Gasteiger charge is -2.06. The van der Waals surface area contributed by atoms with E-state index in [4.69, 9.17) is 5.11 Å². The van der Waals surface area contributed by atoms with Crippen LogP contribution in [0.4, 0.5) is 0 Å². The second-order valence-corrected chi connectivity index (χ2v) is 4.08. The van der Waals surface area contributed by atoms with Gasteiger partial charge in [0.1, 0.15) is 0 Å². The predicted octanol–water partition coefficient (Wildman–Crippen LogP) is 1.98. The first-order valence-electron chi connectivity index (χ1n) is 4.92. The van der Waals surface area contributed by atoms with E-state index in [2.05, 4.69) is 18.8 Å². The minimum atomic E-state index is -0.164. The van der Waals surface area contributed by atoms with Gasteiger partial charge in [0.2, 0.25) is 0 Å². The molecular weight excluding hydrogens is 178 g/mol. The van der Waals surface area contributed by atoms with Crippen molar-refractivity contribution in [3.05, 3.63) is 27.5 Å². The van der Waals surface area contributed by atoms with Crippen LogP contribution in [0.25, 0.3) is 0 Å². The van der Waals surface area contributed by atoms with Crippen LogP contribution in [0.15, 0.2) is 10.9 Å². The van der Waals surface area contributed by atoms with Gasteiger partial charge in [-0.15, -0.1) is 0 Å². The van der Waals surface area contributed by atoms with Gasteiger partial charge in [0, 0.05) is 11.6 Å². The van der Waals surface area contributed by atoms with Gasteiger partial charge >= 0.3 is 0 Å². The molecule has 1 aromatic rings. The van der Waals surface area contributed by atoms with Gasteiger partial charge < -0.3 is 5.11 Å². The summed E-state index contributed by atoms with van der Waals surface area (Å²) in [4.78, 5) is 13.9. The standard InChI is InChI=1S/C11H17NO2/c1-7(2)4-5-9-8(3)6-10(13)12-11(9)14/h6-7H,4-5H2,1-3H3,(H2,12,13,14). The fraction of sp³-hybridized carbons (Fsp3) is 0.545. The number of hydrogen-bond donors (Lipinski definition) is 2. The average Bonchev–Trinajstić information content (AvgIpc) is 2.01. The second-order valence-electron chi connectivity index (χ2n) is 4.08. The molecule has 0 saturated heterocycles. The lowest BCUT2D eigenvalue weighted by molar-refractivity contribution is 0.450. The third-order valence-corrected chi connectivity index (χ3v) is 2.32. The fourth-order valence-corrected chi connectivity index (χ4v) is 1.44. The maximum absolute atomic E-state index is 11.5. The van der Waals surface area contributed by atoms with E-state index in [0.29, 0.717) is 5.92 Å². The summed E-state index contributed by atoms with van der Waals surface area (Å²) in [6.45, 7) is 6.11. The highest BCUT2D eigenvalue weighted by Crippen LogP contribution is 2.12. The minimum Gasteiger partial charge on any atom is -0.495 e.